The minimum Gasteiger partial charge on any atom is -0.341 e. The number of benzene rings is 2. The van der Waals surface area contributed by atoms with Gasteiger partial charge in [-0.3, -0.25) is 4.79 Å². The Labute approximate surface area is 176 Å². The number of nitrogens with zero attached hydrogens (tertiary/aromatic N) is 4. The number of rotatable bonds is 6. The molecule has 1 amide bonds. The van der Waals surface area contributed by atoms with Crippen LogP contribution in [0.25, 0.3) is 11.4 Å². The third-order valence-electron chi connectivity index (χ3n) is 5.28. The fourth-order valence-electron chi connectivity index (χ4n) is 3.74. The SMILES string of the molecule is CCn1c(S[C@H](C(=O)N2CCCCC2)c2ccccc2)nnc1-c1ccccc1. The third kappa shape index (κ3) is 4.37. The van der Waals surface area contributed by atoms with E-state index in [1.165, 1.54) is 18.2 Å². The van der Waals surface area contributed by atoms with Gasteiger partial charge in [0.05, 0.1) is 0 Å². The zero-order valence-corrected chi connectivity index (χ0v) is 17.5. The molecule has 3 aromatic rings. The van der Waals surface area contributed by atoms with Gasteiger partial charge in [0, 0.05) is 25.2 Å². The quantitative estimate of drug-likeness (QED) is 0.551. The first-order valence-electron chi connectivity index (χ1n) is 10.3. The van der Waals surface area contributed by atoms with Gasteiger partial charge in [-0.25, -0.2) is 0 Å². The van der Waals surface area contributed by atoms with Gasteiger partial charge in [-0.1, -0.05) is 72.4 Å². The number of thioether (sulfide) groups is 1. The summed E-state index contributed by atoms with van der Waals surface area (Å²) in [6, 6.07) is 20.1. The number of amides is 1. The Bertz CT molecular complexity index is 936. The molecular weight excluding hydrogens is 380 g/mol. The van der Waals surface area contributed by atoms with E-state index in [9.17, 15) is 4.79 Å². The van der Waals surface area contributed by atoms with Crippen molar-refractivity contribution in [2.45, 2.75) is 43.1 Å². The molecule has 2 heterocycles. The average Bonchev–Trinajstić information content (AvgIpc) is 3.21. The molecule has 1 atom stereocenters. The van der Waals surface area contributed by atoms with Crippen LogP contribution in [0.15, 0.2) is 65.8 Å². The van der Waals surface area contributed by atoms with Gasteiger partial charge >= 0.3 is 0 Å². The first-order chi connectivity index (χ1) is 14.3. The zero-order chi connectivity index (χ0) is 20.1. The Morgan fingerprint density at radius 2 is 1.62 bits per heavy atom. The zero-order valence-electron chi connectivity index (χ0n) is 16.7. The lowest BCUT2D eigenvalue weighted by Crippen LogP contribution is -2.38. The van der Waals surface area contributed by atoms with E-state index in [1.54, 1.807) is 0 Å². The fourth-order valence-corrected chi connectivity index (χ4v) is 4.92. The highest BCUT2D eigenvalue weighted by Crippen LogP contribution is 2.37. The third-order valence-corrected chi connectivity index (χ3v) is 6.51. The molecule has 1 aliphatic rings. The highest BCUT2D eigenvalue weighted by Gasteiger charge is 2.30. The predicted octanol–water partition coefficient (Wildman–Crippen LogP) is 4.81. The van der Waals surface area contributed by atoms with Crippen molar-refractivity contribution in [2.75, 3.05) is 13.1 Å². The number of hydrogen-bond donors (Lipinski definition) is 0. The van der Waals surface area contributed by atoms with Crippen LogP contribution in [0.4, 0.5) is 0 Å². The van der Waals surface area contributed by atoms with Crippen LogP contribution in [-0.4, -0.2) is 38.7 Å². The summed E-state index contributed by atoms with van der Waals surface area (Å²) in [5, 5.41) is 9.37. The first kappa shape index (κ1) is 19.7. The molecule has 0 N–H and O–H groups in total. The highest BCUT2D eigenvalue weighted by atomic mass is 32.2. The Morgan fingerprint density at radius 1 is 0.966 bits per heavy atom. The Hall–Kier alpha value is -2.60. The van der Waals surface area contributed by atoms with Crippen molar-refractivity contribution >= 4 is 17.7 Å². The van der Waals surface area contributed by atoms with E-state index in [2.05, 4.69) is 21.7 Å². The van der Waals surface area contributed by atoms with Crippen LogP contribution in [0.3, 0.4) is 0 Å². The van der Waals surface area contributed by atoms with Crippen molar-refractivity contribution in [2.24, 2.45) is 0 Å². The largest absolute Gasteiger partial charge is 0.341 e. The molecule has 6 heteroatoms. The summed E-state index contributed by atoms with van der Waals surface area (Å²) in [5.74, 6) is 1.01. The van der Waals surface area contributed by atoms with Crippen molar-refractivity contribution in [1.82, 2.24) is 19.7 Å². The van der Waals surface area contributed by atoms with Gasteiger partial charge in [-0.15, -0.1) is 10.2 Å². The molecule has 150 valence electrons. The molecule has 1 saturated heterocycles. The van der Waals surface area contributed by atoms with E-state index in [0.29, 0.717) is 0 Å². The van der Waals surface area contributed by atoms with Crippen molar-refractivity contribution in [3.05, 3.63) is 66.2 Å². The van der Waals surface area contributed by atoms with Crippen LogP contribution in [0.2, 0.25) is 0 Å². The maximum Gasteiger partial charge on any atom is 0.240 e. The second kappa shape index (κ2) is 9.27. The van der Waals surface area contributed by atoms with Gasteiger partial charge in [0.2, 0.25) is 5.91 Å². The number of hydrogen-bond acceptors (Lipinski definition) is 4. The molecule has 0 radical (unpaired) electrons. The van der Waals surface area contributed by atoms with Crippen LogP contribution in [0, 0.1) is 0 Å². The summed E-state index contributed by atoms with van der Waals surface area (Å²) in [6.07, 6.45) is 3.37. The maximum absolute atomic E-state index is 13.4. The van der Waals surface area contributed by atoms with Gasteiger partial charge in [-0.2, -0.15) is 0 Å². The summed E-state index contributed by atoms with van der Waals surface area (Å²) >= 11 is 1.51. The Kier molecular flexibility index (Phi) is 6.30. The number of piperidine rings is 1. The summed E-state index contributed by atoms with van der Waals surface area (Å²) < 4.78 is 2.10. The van der Waals surface area contributed by atoms with E-state index >= 15 is 0 Å². The maximum atomic E-state index is 13.4. The number of likely N-dealkylation sites (tertiary alicyclic amines) is 1. The number of carbonyl (C=O) groups excluding carboxylic acids is 1. The van der Waals surface area contributed by atoms with Gasteiger partial charge in [-0.05, 0) is 31.7 Å². The number of aromatic nitrogens is 3. The van der Waals surface area contributed by atoms with Gasteiger partial charge < -0.3 is 9.47 Å². The van der Waals surface area contributed by atoms with Gasteiger partial charge in [0.1, 0.15) is 5.25 Å². The lowest BCUT2D eigenvalue weighted by molar-refractivity contribution is -0.131. The van der Waals surface area contributed by atoms with Crippen LogP contribution in [0.5, 0.6) is 0 Å². The molecule has 0 bridgehead atoms. The highest BCUT2D eigenvalue weighted by molar-refractivity contribution is 8.00. The van der Waals surface area contributed by atoms with Gasteiger partial charge in [0.25, 0.3) is 0 Å². The minimum absolute atomic E-state index is 0.174. The van der Waals surface area contributed by atoms with E-state index in [1.807, 2.05) is 65.6 Å². The first-order valence-corrected chi connectivity index (χ1v) is 11.1. The van der Waals surface area contributed by atoms with E-state index in [0.717, 1.165) is 54.6 Å². The topological polar surface area (TPSA) is 51.0 Å². The van der Waals surface area contributed by atoms with E-state index < -0.39 is 0 Å². The van der Waals surface area contributed by atoms with Crippen molar-refractivity contribution in [3.8, 4) is 11.4 Å². The van der Waals surface area contributed by atoms with Crippen molar-refractivity contribution < 1.29 is 4.79 Å². The van der Waals surface area contributed by atoms with Crippen LogP contribution >= 0.6 is 11.8 Å². The molecular formula is C23H26N4OS. The molecule has 4 rings (SSSR count). The lowest BCUT2D eigenvalue weighted by Gasteiger charge is -2.30. The second-order valence-electron chi connectivity index (χ2n) is 7.21. The smallest absolute Gasteiger partial charge is 0.240 e. The van der Waals surface area contributed by atoms with Gasteiger partial charge in [0.15, 0.2) is 11.0 Å². The van der Waals surface area contributed by atoms with Crippen LogP contribution in [-0.2, 0) is 11.3 Å². The molecule has 0 spiro atoms. The Balaban J connectivity index is 1.66. The predicted molar refractivity (Wildman–Crippen MR) is 117 cm³/mol. The van der Waals surface area contributed by atoms with E-state index in [-0.39, 0.29) is 11.2 Å². The minimum atomic E-state index is -0.313. The second-order valence-corrected chi connectivity index (χ2v) is 8.28. The lowest BCUT2D eigenvalue weighted by atomic mass is 10.1. The van der Waals surface area contributed by atoms with Crippen molar-refractivity contribution in [1.29, 1.82) is 0 Å². The molecule has 5 nitrogen and oxygen atoms in total. The standard InChI is InChI=1S/C23H26N4OS/c1-2-27-21(19-14-8-4-9-15-19)24-25-23(27)29-20(18-12-6-3-7-13-18)22(28)26-16-10-5-11-17-26/h3-4,6-9,12-15,20H,2,5,10-11,16-17H2,1H3/t20-/m0/s1. The summed E-state index contributed by atoms with van der Waals surface area (Å²) in [7, 11) is 0. The molecule has 0 aliphatic carbocycles. The summed E-state index contributed by atoms with van der Waals surface area (Å²) in [6.45, 7) is 4.53. The fraction of sp³-hybridized carbons (Fsp3) is 0.348. The monoisotopic (exact) mass is 406 g/mol. The van der Waals surface area contributed by atoms with Crippen molar-refractivity contribution in [3.63, 3.8) is 0 Å². The summed E-state index contributed by atoms with van der Waals surface area (Å²) in [5.41, 5.74) is 2.05. The molecule has 29 heavy (non-hydrogen) atoms. The molecule has 1 fully saturated rings. The Morgan fingerprint density at radius 3 is 2.28 bits per heavy atom. The summed E-state index contributed by atoms with van der Waals surface area (Å²) in [4.78, 5) is 15.4. The van der Waals surface area contributed by atoms with Crippen LogP contribution in [0.1, 0.15) is 37.0 Å². The normalized spacial score (nSPS) is 15.3. The average molecular weight is 407 g/mol. The number of carbonyl (C=O) groups is 1. The molecule has 2 aromatic carbocycles. The molecule has 0 saturated carbocycles. The molecule has 1 aliphatic heterocycles. The van der Waals surface area contributed by atoms with Crippen LogP contribution < -0.4 is 0 Å². The van der Waals surface area contributed by atoms with E-state index in [4.69, 9.17) is 0 Å². The molecule has 1 aromatic heterocycles. The molecule has 0 unspecified atom stereocenters.